The van der Waals surface area contributed by atoms with Crippen molar-refractivity contribution in [3.05, 3.63) is 90.5 Å². The van der Waals surface area contributed by atoms with Gasteiger partial charge < -0.3 is 19.8 Å². The Morgan fingerprint density at radius 2 is 1.79 bits per heavy atom. The summed E-state index contributed by atoms with van der Waals surface area (Å²) in [6.45, 7) is 8.78. The van der Waals surface area contributed by atoms with Crippen LogP contribution in [0, 0.1) is 11.8 Å². The molecule has 2 aromatic rings. The number of alkyl halides is 1. The van der Waals surface area contributed by atoms with Gasteiger partial charge in [0.05, 0.1) is 27.3 Å². The molecule has 3 fully saturated rings. The molecule has 0 saturated carbocycles. The number of aliphatic hydroxyl groups excluding tert-OH is 1. The van der Waals surface area contributed by atoms with Crippen molar-refractivity contribution < 1.29 is 19.5 Å². The fourth-order valence-corrected chi connectivity index (χ4v) is 10.7. The van der Waals surface area contributed by atoms with E-state index in [1.807, 2.05) is 36.4 Å². The molecule has 3 heterocycles. The van der Waals surface area contributed by atoms with Crippen molar-refractivity contribution in [2.45, 2.75) is 40.3 Å². The summed E-state index contributed by atoms with van der Waals surface area (Å²) in [5.41, 5.74) is 1.53. The maximum atomic E-state index is 14.6. The molecule has 6 atom stereocenters. The van der Waals surface area contributed by atoms with Crippen LogP contribution < -0.4 is 4.90 Å². The highest BCUT2D eigenvalue weighted by molar-refractivity contribution is 9.09. The van der Waals surface area contributed by atoms with Gasteiger partial charge in [-0.2, -0.15) is 0 Å². The molecule has 222 valence electrons. The minimum absolute atomic E-state index is 0.0518. The lowest BCUT2D eigenvalue weighted by Gasteiger charge is -2.38. The number of benzene rings is 2. The molecule has 1 N–H and O–H groups in total. The Morgan fingerprint density at radius 3 is 2.45 bits per heavy atom. The maximum Gasteiger partial charge on any atom is 0.251 e. The second kappa shape index (κ2) is 13.0. The molecule has 2 bridgehead atoms. The van der Waals surface area contributed by atoms with Gasteiger partial charge in [0.1, 0.15) is 6.04 Å². The van der Waals surface area contributed by atoms with Crippen LogP contribution in [0.4, 0.5) is 5.69 Å². The number of anilines is 1. The average molecular weight is 673 g/mol. The lowest BCUT2D eigenvalue weighted by atomic mass is 9.70. The van der Waals surface area contributed by atoms with E-state index in [2.05, 4.69) is 29.1 Å². The van der Waals surface area contributed by atoms with E-state index in [0.29, 0.717) is 36.6 Å². The van der Waals surface area contributed by atoms with Crippen molar-refractivity contribution in [2.75, 3.05) is 31.1 Å². The molecule has 0 radical (unpaired) electrons. The Balaban J connectivity index is 1.55. The number of amides is 3. The van der Waals surface area contributed by atoms with Gasteiger partial charge in [0, 0.05) is 42.9 Å². The molecule has 7 nitrogen and oxygen atoms in total. The number of aliphatic hydroxyl groups is 1. The number of fused-ring (bicyclic) bond motifs is 1. The van der Waals surface area contributed by atoms with Crippen LogP contribution in [0.1, 0.15) is 18.4 Å². The van der Waals surface area contributed by atoms with Crippen molar-refractivity contribution >= 4 is 62.7 Å². The molecule has 3 unspecified atom stereocenters. The van der Waals surface area contributed by atoms with Crippen LogP contribution in [-0.4, -0.2) is 79.7 Å². The lowest BCUT2D eigenvalue weighted by molar-refractivity contribution is -0.144. The first-order valence-electron chi connectivity index (χ1n) is 14.1. The summed E-state index contributed by atoms with van der Waals surface area (Å²) in [5, 5.41) is 9.94. The topological polar surface area (TPSA) is 81.2 Å². The highest BCUT2D eigenvalue weighted by Gasteiger charge is 2.76. The number of rotatable bonds is 12. The summed E-state index contributed by atoms with van der Waals surface area (Å²) in [6.07, 6.45) is 4.24. The number of carbonyl (C=O) groups excluding carboxylic acids is 3. The number of hydrogen-bond donors (Lipinski definition) is 1. The minimum atomic E-state index is -0.826. The van der Waals surface area contributed by atoms with Crippen molar-refractivity contribution in [1.82, 2.24) is 9.80 Å². The van der Waals surface area contributed by atoms with Gasteiger partial charge in [-0.1, -0.05) is 82.1 Å². The smallest absolute Gasteiger partial charge is 0.251 e. The highest BCUT2D eigenvalue weighted by Crippen LogP contribution is 2.68. The van der Waals surface area contributed by atoms with Crippen molar-refractivity contribution in [2.24, 2.45) is 11.8 Å². The van der Waals surface area contributed by atoms with Gasteiger partial charge in [-0.05, 0) is 30.5 Å². The molecule has 0 aromatic heterocycles. The molecule has 3 saturated heterocycles. The number of halogens is 2. The van der Waals surface area contributed by atoms with E-state index >= 15 is 0 Å². The molecule has 3 aliphatic rings. The molecular formula is C32H35BrClN3O4S. The molecule has 0 aliphatic carbocycles. The number of para-hydroxylation sites is 1. The Labute approximate surface area is 264 Å². The first-order chi connectivity index (χ1) is 20.3. The molecular weight excluding hydrogens is 638 g/mol. The zero-order chi connectivity index (χ0) is 30.0. The Hall–Kier alpha value is -2.59. The summed E-state index contributed by atoms with van der Waals surface area (Å²) in [4.78, 5) is 48.2. The zero-order valence-corrected chi connectivity index (χ0v) is 26.4. The van der Waals surface area contributed by atoms with E-state index in [0.717, 1.165) is 5.56 Å². The number of thioether (sulfide) groups is 1. The molecule has 10 heteroatoms. The minimum Gasteiger partial charge on any atom is -0.396 e. The number of nitrogens with zero attached hydrogens (tertiary/aromatic N) is 3. The van der Waals surface area contributed by atoms with E-state index in [9.17, 15) is 19.5 Å². The van der Waals surface area contributed by atoms with Gasteiger partial charge in [-0.25, -0.2) is 0 Å². The molecule has 3 amide bonds. The van der Waals surface area contributed by atoms with E-state index in [1.54, 1.807) is 56.8 Å². The first-order valence-corrected chi connectivity index (χ1v) is 16.3. The van der Waals surface area contributed by atoms with Gasteiger partial charge in [-0.3, -0.25) is 14.4 Å². The van der Waals surface area contributed by atoms with Crippen LogP contribution in [0.15, 0.2) is 79.9 Å². The number of likely N-dealkylation sites (tertiary alicyclic amines) is 1. The van der Waals surface area contributed by atoms with Gasteiger partial charge >= 0.3 is 0 Å². The second-order valence-electron chi connectivity index (χ2n) is 11.0. The molecule has 42 heavy (non-hydrogen) atoms. The van der Waals surface area contributed by atoms with Crippen LogP contribution in [0.3, 0.4) is 0 Å². The highest BCUT2D eigenvalue weighted by atomic mass is 79.9. The van der Waals surface area contributed by atoms with Crippen LogP contribution in [0.25, 0.3) is 0 Å². The molecule has 2 aromatic carbocycles. The predicted molar refractivity (Wildman–Crippen MR) is 172 cm³/mol. The summed E-state index contributed by atoms with van der Waals surface area (Å²) in [5.74, 6) is -1.84. The van der Waals surface area contributed by atoms with E-state index in [-0.39, 0.29) is 47.5 Å². The summed E-state index contributed by atoms with van der Waals surface area (Å²) >= 11 is 12.0. The number of hydrogen-bond acceptors (Lipinski definition) is 5. The Bertz CT molecular complexity index is 1360. The van der Waals surface area contributed by atoms with E-state index in [4.69, 9.17) is 11.6 Å². The third-order valence-corrected chi connectivity index (χ3v) is 12.0. The van der Waals surface area contributed by atoms with Crippen LogP contribution in [0.5, 0.6) is 0 Å². The van der Waals surface area contributed by atoms with Gasteiger partial charge in [-0.15, -0.1) is 24.9 Å². The van der Waals surface area contributed by atoms with Gasteiger partial charge in [0.25, 0.3) is 5.91 Å². The predicted octanol–water partition coefficient (Wildman–Crippen LogP) is 4.92. The molecule has 3 aliphatic heterocycles. The van der Waals surface area contributed by atoms with Crippen LogP contribution in [-0.2, 0) is 20.9 Å². The molecule has 1 spiro atoms. The number of carbonyl (C=O) groups is 3. The van der Waals surface area contributed by atoms with E-state index < -0.39 is 22.6 Å². The monoisotopic (exact) mass is 671 g/mol. The largest absolute Gasteiger partial charge is 0.396 e. The average Bonchev–Trinajstić information content (AvgIpc) is 3.58. The van der Waals surface area contributed by atoms with Crippen molar-refractivity contribution in [3.8, 4) is 0 Å². The van der Waals surface area contributed by atoms with Crippen molar-refractivity contribution in [3.63, 3.8) is 0 Å². The maximum absolute atomic E-state index is 14.6. The fourth-order valence-electron chi connectivity index (χ4n) is 6.83. The normalized spacial score (nSPS) is 27.5. The molecule has 5 rings (SSSR count). The van der Waals surface area contributed by atoms with Gasteiger partial charge in [0.2, 0.25) is 11.8 Å². The van der Waals surface area contributed by atoms with E-state index in [1.165, 1.54) is 0 Å². The standard InChI is InChI=1S/C32H35BrClN3O4S/c1-3-15-35(20-21-11-6-5-7-12-21)29(39)25-26-30(40)37(17-10-18-38)28(32(26)19-22(33)27(25)42-32)31(41)36(16-4-2)24-14-9-8-13-23(24)34/h3-9,11-14,22,25-28,38H,1-2,10,15-20H2/t22?,25-,26+,27-,28?,32?/m1/s1. The Morgan fingerprint density at radius 1 is 1.10 bits per heavy atom. The first kappa shape index (κ1) is 30.9. The van der Waals surface area contributed by atoms with Crippen LogP contribution in [0.2, 0.25) is 5.02 Å². The van der Waals surface area contributed by atoms with Gasteiger partial charge in [0.15, 0.2) is 0 Å². The summed E-state index contributed by atoms with van der Waals surface area (Å²) < 4.78 is -0.809. The van der Waals surface area contributed by atoms with Crippen LogP contribution >= 0.6 is 39.3 Å². The van der Waals surface area contributed by atoms with Crippen molar-refractivity contribution in [1.29, 1.82) is 0 Å². The second-order valence-corrected chi connectivity index (χ2v) is 14.1. The third kappa shape index (κ3) is 5.34. The zero-order valence-electron chi connectivity index (χ0n) is 23.3. The summed E-state index contributed by atoms with van der Waals surface area (Å²) in [7, 11) is 0. The lowest BCUT2D eigenvalue weighted by Crippen LogP contribution is -2.56. The Kier molecular flexibility index (Phi) is 9.52. The third-order valence-electron chi connectivity index (χ3n) is 8.46. The fraction of sp³-hybridized carbons (Fsp3) is 0.406. The summed E-state index contributed by atoms with van der Waals surface area (Å²) in [6, 6.07) is 16.1. The quantitative estimate of drug-likeness (QED) is 0.256. The SMILES string of the molecule is C=CCN(Cc1ccccc1)C(=O)[C@H]1[C@@H]2SC3(CC2Br)C(C(=O)N(CC=C)c2ccccc2Cl)N(CCCO)C(=O)[C@H]13.